The summed E-state index contributed by atoms with van der Waals surface area (Å²) in [5.74, 6) is -2.17. The van der Waals surface area contributed by atoms with E-state index in [4.69, 9.17) is 19.8 Å². The summed E-state index contributed by atoms with van der Waals surface area (Å²) < 4.78 is 0. The standard InChI is InChI=1S/2C2H4O2.Mg.6H2O/c2*1-2(3)4;;;;;;;/h2*1H3,(H,3,4);;6*1H2/q;;+2;;;;;;/p-2. The minimum absolute atomic E-state index is 0. The maximum atomic E-state index is 8.89. The van der Waals surface area contributed by atoms with Gasteiger partial charge in [-0.1, -0.05) is 0 Å². The van der Waals surface area contributed by atoms with Crippen molar-refractivity contribution in [2.75, 3.05) is 0 Å². The van der Waals surface area contributed by atoms with Gasteiger partial charge in [-0.05, 0) is 13.8 Å². The van der Waals surface area contributed by atoms with Gasteiger partial charge in [-0.25, -0.2) is 0 Å². The Labute approximate surface area is 102 Å². The molecule has 0 heterocycles. The quantitative estimate of drug-likeness (QED) is 0.378. The molecule has 11 heteroatoms. The molecule has 0 saturated heterocycles. The summed E-state index contributed by atoms with van der Waals surface area (Å²) in [5, 5.41) is 17.8. The monoisotopic (exact) mass is 250 g/mol. The van der Waals surface area contributed by atoms with E-state index in [0.29, 0.717) is 0 Å². The molecule has 12 N–H and O–H groups in total. The smallest absolute Gasteiger partial charge is 0.550 e. The normalized spacial score (nSPS) is 3.33. The van der Waals surface area contributed by atoms with Crippen molar-refractivity contribution < 1.29 is 52.7 Å². The number of carboxylic acids is 2. The fourth-order valence-electron chi connectivity index (χ4n) is 0. The molecule has 0 fully saturated rings. The van der Waals surface area contributed by atoms with E-state index in [0.717, 1.165) is 13.8 Å². The van der Waals surface area contributed by atoms with E-state index < -0.39 is 11.9 Å². The number of carbonyl (C=O) groups excluding carboxylic acids is 2. The van der Waals surface area contributed by atoms with Gasteiger partial charge in [0.05, 0.1) is 0 Å². The maximum Gasteiger partial charge on any atom is 2.00 e. The number of carboxylic acid groups (broad SMARTS) is 2. The van der Waals surface area contributed by atoms with Crippen LogP contribution in [0.4, 0.5) is 0 Å². The van der Waals surface area contributed by atoms with E-state index in [1.165, 1.54) is 0 Å². The van der Waals surface area contributed by atoms with Gasteiger partial charge in [0.15, 0.2) is 0 Å². The second-order valence-corrected chi connectivity index (χ2v) is 0.983. The predicted molar refractivity (Wildman–Crippen MR) is 48.8 cm³/mol. The van der Waals surface area contributed by atoms with Crippen molar-refractivity contribution in [3.05, 3.63) is 0 Å². The number of rotatable bonds is 0. The molecule has 0 aromatic heterocycles. The van der Waals surface area contributed by atoms with Crippen LogP contribution >= 0.6 is 0 Å². The summed E-state index contributed by atoms with van der Waals surface area (Å²) in [6, 6.07) is 0. The number of hydrogen-bond acceptors (Lipinski definition) is 4. The van der Waals surface area contributed by atoms with Gasteiger partial charge in [-0.15, -0.1) is 0 Å². The van der Waals surface area contributed by atoms with E-state index in [1.807, 2.05) is 0 Å². The van der Waals surface area contributed by atoms with Gasteiger partial charge in [0.1, 0.15) is 0 Å². The first kappa shape index (κ1) is 87.8. The first-order chi connectivity index (χ1) is 3.46. The van der Waals surface area contributed by atoms with Crippen molar-refractivity contribution in [2.24, 2.45) is 0 Å². The van der Waals surface area contributed by atoms with Crippen LogP contribution in [-0.4, -0.2) is 67.8 Å². The molecule has 0 radical (unpaired) electrons. The molecule has 0 bridgehead atoms. The molecule has 0 aliphatic heterocycles. The van der Waals surface area contributed by atoms with Crippen LogP contribution in [0.2, 0.25) is 0 Å². The van der Waals surface area contributed by atoms with E-state index in [2.05, 4.69) is 0 Å². The average molecular weight is 250 g/mol. The Morgan fingerprint density at radius 3 is 0.667 bits per heavy atom. The van der Waals surface area contributed by atoms with Gasteiger partial charge in [0.25, 0.3) is 0 Å². The maximum absolute atomic E-state index is 8.89. The molecule has 0 atom stereocenters. The van der Waals surface area contributed by atoms with E-state index in [1.54, 1.807) is 0 Å². The van der Waals surface area contributed by atoms with E-state index >= 15 is 0 Å². The van der Waals surface area contributed by atoms with E-state index in [9.17, 15) is 0 Å². The Morgan fingerprint density at radius 2 is 0.667 bits per heavy atom. The number of aliphatic carboxylic acids is 2. The van der Waals surface area contributed by atoms with Crippen molar-refractivity contribution in [1.82, 2.24) is 0 Å². The van der Waals surface area contributed by atoms with Gasteiger partial charge in [0.2, 0.25) is 0 Å². The molecular formula is C4H18MgO10. The molecule has 0 rings (SSSR count). The molecule has 0 aromatic rings. The minimum atomic E-state index is -1.08. The number of carbonyl (C=O) groups is 2. The van der Waals surface area contributed by atoms with Crippen LogP contribution in [0.5, 0.6) is 0 Å². The average Bonchev–Trinajstić information content (AvgIpc) is 1.25. The summed E-state index contributed by atoms with van der Waals surface area (Å²) in [7, 11) is 0. The van der Waals surface area contributed by atoms with Gasteiger partial charge in [-0.2, -0.15) is 0 Å². The zero-order valence-corrected chi connectivity index (χ0v) is 9.75. The molecule has 0 saturated carbocycles. The SMILES string of the molecule is CC(=O)[O-].CC(=O)[O-].O.O.O.O.O.O.[Mg+2]. The second kappa shape index (κ2) is 70.0. The summed E-state index contributed by atoms with van der Waals surface area (Å²) in [5.41, 5.74) is 0. The topological polar surface area (TPSA) is 269 Å². The van der Waals surface area contributed by atoms with Crippen molar-refractivity contribution in [2.45, 2.75) is 13.8 Å². The van der Waals surface area contributed by atoms with Gasteiger partial charge in [0, 0.05) is 11.9 Å². The van der Waals surface area contributed by atoms with Crippen LogP contribution in [0.1, 0.15) is 13.8 Å². The third-order valence-electron chi connectivity index (χ3n) is 0. The fraction of sp³-hybridized carbons (Fsp3) is 0.500. The Balaban J connectivity index is -0.00000000468. The molecule has 0 aliphatic carbocycles. The third-order valence-corrected chi connectivity index (χ3v) is 0. The largest absolute Gasteiger partial charge is 2.00 e. The van der Waals surface area contributed by atoms with Gasteiger partial charge >= 0.3 is 23.1 Å². The zero-order valence-electron chi connectivity index (χ0n) is 8.34. The van der Waals surface area contributed by atoms with E-state index in [-0.39, 0.29) is 55.9 Å². The predicted octanol–water partition coefficient (Wildman–Crippen LogP) is -7.82. The van der Waals surface area contributed by atoms with Crippen molar-refractivity contribution in [3.63, 3.8) is 0 Å². The summed E-state index contributed by atoms with van der Waals surface area (Å²) in [6.45, 7) is 1.94. The Hall–Kier alpha value is -0.534. The summed E-state index contributed by atoms with van der Waals surface area (Å²) in [4.78, 5) is 17.8. The first-order valence-corrected chi connectivity index (χ1v) is 1.82. The molecular weight excluding hydrogens is 232 g/mol. The van der Waals surface area contributed by atoms with Crippen LogP contribution in [0.15, 0.2) is 0 Å². The minimum Gasteiger partial charge on any atom is -0.550 e. The number of hydrogen-bond donors (Lipinski definition) is 0. The molecule has 0 amide bonds. The molecule has 0 aliphatic rings. The van der Waals surface area contributed by atoms with Crippen LogP contribution in [0.3, 0.4) is 0 Å². The van der Waals surface area contributed by atoms with Crippen LogP contribution < -0.4 is 10.2 Å². The van der Waals surface area contributed by atoms with Crippen LogP contribution in [0, 0.1) is 0 Å². The molecule has 96 valence electrons. The zero-order chi connectivity index (χ0) is 7.15. The third kappa shape index (κ3) is 6210. The van der Waals surface area contributed by atoms with Crippen molar-refractivity contribution in [1.29, 1.82) is 0 Å². The Kier molecular flexibility index (Phi) is 410. The summed E-state index contributed by atoms with van der Waals surface area (Å²) >= 11 is 0. The second-order valence-electron chi connectivity index (χ2n) is 0.983. The molecule has 0 unspecified atom stereocenters. The van der Waals surface area contributed by atoms with Gasteiger partial charge in [-0.3, -0.25) is 0 Å². The Morgan fingerprint density at radius 1 is 0.667 bits per heavy atom. The van der Waals surface area contributed by atoms with Gasteiger partial charge < -0.3 is 52.7 Å². The summed E-state index contributed by atoms with van der Waals surface area (Å²) in [6.07, 6.45) is 0. The van der Waals surface area contributed by atoms with Crippen molar-refractivity contribution >= 4 is 35.0 Å². The molecule has 15 heavy (non-hydrogen) atoms. The van der Waals surface area contributed by atoms with Crippen molar-refractivity contribution in [3.8, 4) is 0 Å². The Bertz CT molecular complexity index is 75.4. The fourth-order valence-corrected chi connectivity index (χ4v) is 0. The molecule has 0 aromatic carbocycles. The first-order valence-electron chi connectivity index (χ1n) is 1.82. The molecule has 0 spiro atoms. The van der Waals surface area contributed by atoms with Crippen LogP contribution in [0.25, 0.3) is 0 Å². The molecule has 10 nitrogen and oxygen atoms in total. The van der Waals surface area contributed by atoms with Crippen LogP contribution in [-0.2, 0) is 9.59 Å².